The van der Waals surface area contributed by atoms with Gasteiger partial charge in [-0.05, 0) is 37.9 Å². The van der Waals surface area contributed by atoms with E-state index in [1.165, 1.54) is 19.3 Å². The van der Waals surface area contributed by atoms with Gasteiger partial charge in [-0.15, -0.1) is 0 Å². The summed E-state index contributed by atoms with van der Waals surface area (Å²) < 4.78 is 5.13. The molecule has 100 valence electrons. The Morgan fingerprint density at radius 1 is 1.44 bits per heavy atom. The highest BCUT2D eigenvalue weighted by Gasteiger charge is 2.11. The van der Waals surface area contributed by atoms with Crippen molar-refractivity contribution < 1.29 is 4.74 Å². The van der Waals surface area contributed by atoms with Crippen LogP contribution in [0.2, 0.25) is 5.02 Å². The molecule has 0 aliphatic carbocycles. The molecule has 0 radical (unpaired) electrons. The minimum atomic E-state index is 0.656. The van der Waals surface area contributed by atoms with Crippen LogP contribution in [0.3, 0.4) is 0 Å². The molecule has 1 aliphatic heterocycles. The first-order valence-corrected chi connectivity index (χ1v) is 6.98. The Morgan fingerprint density at radius 3 is 3.00 bits per heavy atom. The smallest absolute Gasteiger partial charge is 0.120 e. The average molecular weight is 269 g/mol. The first-order valence-electron chi connectivity index (χ1n) is 6.60. The monoisotopic (exact) mass is 268 g/mol. The molecule has 0 saturated carbocycles. The van der Waals surface area contributed by atoms with E-state index in [0.29, 0.717) is 11.1 Å². The molecule has 1 fully saturated rings. The molecule has 1 atom stereocenters. The lowest BCUT2D eigenvalue weighted by Gasteiger charge is -2.23. The summed E-state index contributed by atoms with van der Waals surface area (Å²) in [4.78, 5) is 0. The lowest BCUT2D eigenvalue weighted by Crippen LogP contribution is -2.35. The number of ether oxygens (including phenoxy) is 1. The standard InChI is InChI=1S/C14H21ClN2O/c1-18-12-5-6-14(13(15)10-12)17-9-7-11-4-2-3-8-16-11/h5-6,10-11,16-17H,2-4,7-9H2,1H3. The van der Waals surface area contributed by atoms with Crippen LogP contribution in [0.15, 0.2) is 18.2 Å². The Kier molecular flexibility index (Phi) is 5.14. The van der Waals surface area contributed by atoms with Crippen molar-refractivity contribution in [2.45, 2.75) is 31.7 Å². The molecule has 2 rings (SSSR count). The number of anilines is 1. The fraction of sp³-hybridized carbons (Fsp3) is 0.571. The molecule has 1 saturated heterocycles. The number of piperidine rings is 1. The molecule has 18 heavy (non-hydrogen) atoms. The van der Waals surface area contributed by atoms with Crippen LogP contribution in [0.4, 0.5) is 5.69 Å². The highest BCUT2D eigenvalue weighted by atomic mass is 35.5. The van der Waals surface area contributed by atoms with Gasteiger partial charge in [-0.3, -0.25) is 0 Å². The Labute approximate surface area is 114 Å². The van der Waals surface area contributed by atoms with E-state index in [1.54, 1.807) is 7.11 Å². The molecule has 1 aromatic carbocycles. The summed E-state index contributed by atoms with van der Waals surface area (Å²) in [6.07, 6.45) is 5.09. The Hall–Kier alpha value is -0.930. The SMILES string of the molecule is COc1ccc(NCCC2CCCCN2)c(Cl)c1. The van der Waals surface area contributed by atoms with E-state index in [2.05, 4.69) is 10.6 Å². The second-order valence-electron chi connectivity index (χ2n) is 4.71. The summed E-state index contributed by atoms with van der Waals surface area (Å²) in [7, 11) is 1.65. The zero-order chi connectivity index (χ0) is 12.8. The molecule has 0 bridgehead atoms. The average Bonchev–Trinajstić information content (AvgIpc) is 2.42. The van der Waals surface area contributed by atoms with E-state index >= 15 is 0 Å². The largest absolute Gasteiger partial charge is 0.497 e. The molecule has 4 heteroatoms. The molecule has 1 heterocycles. The van der Waals surface area contributed by atoms with Crippen LogP contribution in [0.5, 0.6) is 5.75 Å². The first kappa shape index (κ1) is 13.5. The molecule has 0 aromatic heterocycles. The predicted molar refractivity (Wildman–Crippen MR) is 76.8 cm³/mol. The summed E-state index contributed by atoms with van der Waals surface area (Å²) in [6, 6.07) is 6.38. The highest BCUT2D eigenvalue weighted by molar-refractivity contribution is 6.33. The van der Waals surface area contributed by atoms with Gasteiger partial charge >= 0.3 is 0 Å². The molecule has 1 unspecified atom stereocenters. The van der Waals surface area contributed by atoms with Gasteiger partial charge in [0.05, 0.1) is 17.8 Å². The van der Waals surface area contributed by atoms with E-state index in [4.69, 9.17) is 16.3 Å². The van der Waals surface area contributed by atoms with Gasteiger partial charge in [0.25, 0.3) is 0 Å². The molecular formula is C14H21ClN2O. The number of benzene rings is 1. The van der Waals surface area contributed by atoms with Gasteiger partial charge in [0.1, 0.15) is 5.75 Å². The van der Waals surface area contributed by atoms with Crippen LogP contribution in [0.1, 0.15) is 25.7 Å². The number of hydrogen-bond donors (Lipinski definition) is 2. The normalized spacial score (nSPS) is 19.6. The van der Waals surface area contributed by atoms with Gasteiger partial charge in [-0.2, -0.15) is 0 Å². The molecule has 1 aromatic rings. The molecule has 0 spiro atoms. The van der Waals surface area contributed by atoms with Crippen molar-refractivity contribution in [1.82, 2.24) is 5.32 Å². The summed E-state index contributed by atoms with van der Waals surface area (Å²) >= 11 is 6.17. The predicted octanol–water partition coefficient (Wildman–Crippen LogP) is 3.29. The number of nitrogens with one attached hydrogen (secondary N) is 2. The van der Waals surface area contributed by atoms with Crippen molar-refractivity contribution >= 4 is 17.3 Å². The van der Waals surface area contributed by atoms with Crippen LogP contribution >= 0.6 is 11.6 Å². The first-order chi connectivity index (χ1) is 8.79. The Bertz CT molecular complexity index is 378. The van der Waals surface area contributed by atoms with Gasteiger partial charge in [0.2, 0.25) is 0 Å². The van der Waals surface area contributed by atoms with Crippen LogP contribution in [0, 0.1) is 0 Å². The van der Waals surface area contributed by atoms with E-state index in [9.17, 15) is 0 Å². The van der Waals surface area contributed by atoms with Crippen LogP contribution in [-0.2, 0) is 0 Å². The number of rotatable bonds is 5. The fourth-order valence-electron chi connectivity index (χ4n) is 2.32. The van der Waals surface area contributed by atoms with Gasteiger partial charge in [-0.25, -0.2) is 0 Å². The number of methoxy groups -OCH3 is 1. The minimum absolute atomic E-state index is 0.656. The molecule has 3 nitrogen and oxygen atoms in total. The van der Waals surface area contributed by atoms with Gasteiger partial charge in [-0.1, -0.05) is 18.0 Å². The second-order valence-corrected chi connectivity index (χ2v) is 5.12. The van der Waals surface area contributed by atoms with E-state index in [1.807, 2.05) is 18.2 Å². The summed E-state index contributed by atoms with van der Waals surface area (Å²) in [5.74, 6) is 0.791. The fourth-order valence-corrected chi connectivity index (χ4v) is 2.55. The van der Waals surface area contributed by atoms with Crippen molar-refractivity contribution in [2.75, 3.05) is 25.5 Å². The summed E-state index contributed by atoms with van der Waals surface area (Å²) in [6.45, 7) is 2.11. The quantitative estimate of drug-likeness (QED) is 0.860. The van der Waals surface area contributed by atoms with E-state index in [-0.39, 0.29) is 0 Å². The Morgan fingerprint density at radius 2 is 2.33 bits per heavy atom. The van der Waals surface area contributed by atoms with Crippen molar-refractivity contribution in [2.24, 2.45) is 0 Å². The third kappa shape index (κ3) is 3.79. The minimum Gasteiger partial charge on any atom is -0.497 e. The summed E-state index contributed by atoms with van der Waals surface area (Å²) in [5, 5.41) is 7.64. The highest BCUT2D eigenvalue weighted by Crippen LogP contribution is 2.26. The van der Waals surface area contributed by atoms with Gasteiger partial charge in [0, 0.05) is 18.7 Å². The maximum atomic E-state index is 6.17. The maximum Gasteiger partial charge on any atom is 0.120 e. The van der Waals surface area contributed by atoms with Crippen LogP contribution < -0.4 is 15.4 Å². The third-order valence-corrected chi connectivity index (χ3v) is 3.71. The number of halogens is 1. The zero-order valence-corrected chi connectivity index (χ0v) is 11.6. The lowest BCUT2D eigenvalue weighted by atomic mass is 10.0. The third-order valence-electron chi connectivity index (χ3n) is 3.40. The topological polar surface area (TPSA) is 33.3 Å². The second kappa shape index (κ2) is 6.86. The zero-order valence-electron chi connectivity index (χ0n) is 10.8. The van der Waals surface area contributed by atoms with Crippen molar-refractivity contribution in [3.8, 4) is 5.75 Å². The van der Waals surface area contributed by atoms with Crippen LogP contribution in [-0.4, -0.2) is 26.2 Å². The summed E-state index contributed by atoms with van der Waals surface area (Å²) in [5.41, 5.74) is 0.980. The van der Waals surface area contributed by atoms with Gasteiger partial charge < -0.3 is 15.4 Å². The number of hydrogen-bond acceptors (Lipinski definition) is 3. The Balaban J connectivity index is 1.79. The lowest BCUT2D eigenvalue weighted by molar-refractivity contribution is 0.389. The van der Waals surface area contributed by atoms with Crippen molar-refractivity contribution in [3.63, 3.8) is 0 Å². The molecule has 1 aliphatic rings. The van der Waals surface area contributed by atoms with Crippen molar-refractivity contribution in [1.29, 1.82) is 0 Å². The van der Waals surface area contributed by atoms with Crippen molar-refractivity contribution in [3.05, 3.63) is 23.2 Å². The van der Waals surface area contributed by atoms with E-state index in [0.717, 1.165) is 30.9 Å². The maximum absolute atomic E-state index is 6.17. The van der Waals surface area contributed by atoms with Crippen LogP contribution in [0.25, 0.3) is 0 Å². The molecular weight excluding hydrogens is 248 g/mol. The van der Waals surface area contributed by atoms with E-state index < -0.39 is 0 Å². The van der Waals surface area contributed by atoms with Gasteiger partial charge in [0.15, 0.2) is 0 Å². The molecule has 2 N–H and O–H groups in total. The molecule has 0 amide bonds.